The number of hydrogen-bond acceptors (Lipinski definition) is 4. The van der Waals surface area contributed by atoms with Crippen molar-refractivity contribution in [3.05, 3.63) is 42.0 Å². The molecule has 4 heteroatoms. The summed E-state index contributed by atoms with van der Waals surface area (Å²) in [5, 5.41) is 2.30. The van der Waals surface area contributed by atoms with Gasteiger partial charge in [0.2, 0.25) is 0 Å². The van der Waals surface area contributed by atoms with Crippen molar-refractivity contribution in [1.82, 2.24) is 0 Å². The van der Waals surface area contributed by atoms with Crippen LogP contribution in [-0.2, 0) is 16.0 Å². The van der Waals surface area contributed by atoms with E-state index in [9.17, 15) is 4.79 Å². The van der Waals surface area contributed by atoms with E-state index < -0.39 is 0 Å². The molecule has 21 heavy (non-hydrogen) atoms. The monoisotopic (exact) mass is 287 g/mol. The van der Waals surface area contributed by atoms with Gasteiger partial charge in [-0.25, -0.2) is 0 Å². The second kappa shape index (κ2) is 7.09. The summed E-state index contributed by atoms with van der Waals surface area (Å²) in [7, 11) is 3.05. The predicted molar refractivity (Wildman–Crippen MR) is 83.4 cm³/mol. The Hall–Kier alpha value is -2.07. The lowest BCUT2D eigenvalue weighted by Gasteiger charge is -2.16. The molecule has 0 spiro atoms. The molecule has 2 rings (SSSR count). The van der Waals surface area contributed by atoms with E-state index in [1.807, 2.05) is 24.3 Å². The van der Waals surface area contributed by atoms with Crippen LogP contribution in [0.1, 0.15) is 18.4 Å². The number of carbonyl (C=O) groups excluding carboxylic acids is 1. The summed E-state index contributed by atoms with van der Waals surface area (Å²) in [5.74, 6) is 0.609. The molecule has 0 amide bonds. The van der Waals surface area contributed by atoms with Crippen molar-refractivity contribution in [3.8, 4) is 5.75 Å². The Morgan fingerprint density at radius 1 is 1.19 bits per heavy atom. The largest absolute Gasteiger partial charge is 0.496 e. The fourth-order valence-corrected chi connectivity index (χ4v) is 2.49. The Balaban J connectivity index is 2.21. The minimum Gasteiger partial charge on any atom is -0.496 e. The van der Waals surface area contributed by atoms with E-state index in [0.29, 0.717) is 19.3 Å². The Morgan fingerprint density at radius 2 is 1.95 bits per heavy atom. The van der Waals surface area contributed by atoms with Gasteiger partial charge in [0.25, 0.3) is 0 Å². The molecule has 1 unspecified atom stereocenters. The van der Waals surface area contributed by atoms with Gasteiger partial charge in [0.1, 0.15) is 5.75 Å². The molecule has 1 atom stereocenters. The number of nitrogens with two attached hydrogens (primary N) is 1. The lowest BCUT2D eigenvalue weighted by atomic mass is 9.96. The molecule has 0 aromatic heterocycles. The van der Waals surface area contributed by atoms with Gasteiger partial charge in [-0.05, 0) is 29.7 Å². The van der Waals surface area contributed by atoms with E-state index in [1.54, 1.807) is 7.11 Å². The number of hydrogen-bond donors (Lipinski definition) is 1. The van der Waals surface area contributed by atoms with Crippen LogP contribution in [-0.4, -0.2) is 26.2 Å². The number of benzene rings is 2. The normalized spacial score (nSPS) is 12.1. The van der Waals surface area contributed by atoms with E-state index >= 15 is 0 Å². The maximum atomic E-state index is 11.2. The van der Waals surface area contributed by atoms with Crippen molar-refractivity contribution in [1.29, 1.82) is 0 Å². The SMILES string of the molecule is COC(=O)CCC(N)Cc1c(OC)ccc2ccccc12. The van der Waals surface area contributed by atoms with Crippen LogP contribution in [0.5, 0.6) is 5.75 Å². The van der Waals surface area contributed by atoms with Crippen molar-refractivity contribution >= 4 is 16.7 Å². The van der Waals surface area contributed by atoms with Gasteiger partial charge in [-0.2, -0.15) is 0 Å². The average molecular weight is 287 g/mol. The summed E-state index contributed by atoms with van der Waals surface area (Å²) in [4.78, 5) is 11.2. The smallest absolute Gasteiger partial charge is 0.305 e. The molecule has 0 bridgehead atoms. The minimum absolute atomic E-state index is 0.108. The van der Waals surface area contributed by atoms with E-state index in [-0.39, 0.29) is 12.0 Å². The maximum Gasteiger partial charge on any atom is 0.305 e. The van der Waals surface area contributed by atoms with Gasteiger partial charge in [0, 0.05) is 18.0 Å². The molecular weight excluding hydrogens is 266 g/mol. The lowest BCUT2D eigenvalue weighted by Crippen LogP contribution is -2.24. The van der Waals surface area contributed by atoms with Gasteiger partial charge in [-0.3, -0.25) is 4.79 Å². The number of rotatable bonds is 6. The molecule has 0 aliphatic heterocycles. The first-order valence-electron chi connectivity index (χ1n) is 7.02. The van der Waals surface area contributed by atoms with Gasteiger partial charge in [0.15, 0.2) is 0 Å². The van der Waals surface area contributed by atoms with E-state index in [2.05, 4.69) is 16.9 Å². The maximum absolute atomic E-state index is 11.2. The number of ether oxygens (including phenoxy) is 2. The van der Waals surface area contributed by atoms with Gasteiger partial charge in [0.05, 0.1) is 14.2 Å². The van der Waals surface area contributed by atoms with E-state index in [1.165, 1.54) is 7.11 Å². The van der Waals surface area contributed by atoms with Crippen molar-refractivity contribution < 1.29 is 14.3 Å². The summed E-state index contributed by atoms with van der Waals surface area (Å²) >= 11 is 0. The lowest BCUT2D eigenvalue weighted by molar-refractivity contribution is -0.140. The van der Waals surface area contributed by atoms with Crippen molar-refractivity contribution in [2.75, 3.05) is 14.2 Å². The molecule has 0 heterocycles. The molecule has 2 N–H and O–H groups in total. The van der Waals surface area contributed by atoms with Crippen LogP contribution < -0.4 is 10.5 Å². The van der Waals surface area contributed by atoms with Crippen molar-refractivity contribution in [3.63, 3.8) is 0 Å². The highest BCUT2D eigenvalue weighted by atomic mass is 16.5. The molecule has 0 saturated carbocycles. The molecule has 2 aromatic rings. The minimum atomic E-state index is -0.227. The number of methoxy groups -OCH3 is 2. The van der Waals surface area contributed by atoms with Crippen LogP contribution in [0.15, 0.2) is 36.4 Å². The zero-order valence-corrected chi connectivity index (χ0v) is 12.5. The van der Waals surface area contributed by atoms with Crippen LogP contribution in [0.2, 0.25) is 0 Å². The fourth-order valence-electron chi connectivity index (χ4n) is 2.49. The summed E-state index contributed by atoms with van der Waals surface area (Å²) < 4.78 is 10.1. The Morgan fingerprint density at radius 3 is 2.67 bits per heavy atom. The Labute approximate surface area is 124 Å². The van der Waals surface area contributed by atoms with Crippen molar-refractivity contribution in [2.45, 2.75) is 25.3 Å². The third-order valence-corrected chi connectivity index (χ3v) is 3.63. The highest BCUT2D eigenvalue weighted by molar-refractivity contribution is 5.87. The fraction of sp³-hybridized carbons (Fsp3) is 0.353. The Bertz CT molecular complexity index is 624. The van der Waals surface area contributed by atoms with Crippen LogP contribution in [0.4, 0.5) is 0 Å². The summed E-state index contributed by atoms with van der Waals surface area (Å²) in [6, 6.07) is 12.0. The second-order valence-electron chi connectivity index (χ2n) is 5.05. The van der Waals surface area contributed by atoms with Gasteiger partial charge in [-0.1, -0.05) is 30.3 Å². The third-order valence-electron chi connectivity index (χ3n) is 3.63. The van der Waals surface area contributed by atoms with Crippen molar-refractivity contribution in [2.24, 2.45) is 5.73 Å². The number of carbonyl (C=O) groups is 1. The molecule has 0 aliphatic rings. The molecule has 0 fully saturated rings. The molecule has 2 aromatic carbocycles. The highest BCUT2D eigenvalue weighted by Gasteiger charge is 2.14. The molecule has 4 nitrogen and oxygen atoms in total. The standard InChI is InChI=1S/C17H21NO3/c1-20-16-9-7-12-5-3-4-6-14(12)15(16)11-13(18)8-10-17(19)21-2/h3-7,9,13H,8,10-11,18H2,1-2H3. The molecule has 0 aliphatic carbocycles. The Kier molecular flexibility index (Phi) is 5.17. The number of fused-ring (bicyclic) bond motifs is 1. The first-order chi connectivity index (χ1) is 10.2. The second-order valence-corrected chi connectivity index (χ2v) is 5.05. The van der Waals surface area contributed by atoms with Crippen LogP contribution in [0.3, 0.4) is 0 Å². The molecule has 112 valence electrons. The molecule has 0 radical (unpaired) electrons. The quantitative estimate of drug-likeness (QED) is 0.830. The van der Waals surface area contributed by atoms with E-state index in [0.717, 1.165) is 22.1 Å². The summed E-state index contributed by atoms with van der Waals surface area (Å²) in [6.45, 7) is 0. The average Bonchev–Trinajstić information content (AvgIpc) is 2.52. The third kappa shape index (κ3) is 3.73. The van der Waals surface area contributed by atoms with Gasteiger partial charge < -0.3 is 15.2 Å². The zero-order valence-electron chi connectivity index (χ0n) is 12.5. The van der Waals surface area contributed by atoms with Gasteiger partial charge >= 0.3 is 5.97 Å². The molecule has 0 saturated heterocycles. The number of esters is 1. The van der Waals surface area contributed by atoms with E-state index in [4.69, 9.17) is 10.5 Å². The van der Waals surface area contributed by atoms with Crippen LogP contribution in [0, 0.1) is 0 Å². The first kappa shape index (κ1) is 15.3. The van der Waals surface area contributed by atoms with Crippen LogP contribution >= 0.6 is 0 Å². The van der Waals surface area contributed by atoms with Crippen LogP contribution in [0.25, 0.3) is 10.8 Å². The zero-order chi connectivity index (χ0) is 15.2. The molecular formula is C17H21NO3. The summed E-state index contributed by atoms with van der Waals surface area (Å²) in [5.41, 5.74) is 7.25. The summed E-state index contributed by atoms with van der Waals surface area (Å²) in [6.07, 6.45) is 1.60. The van der Waals surface area contributed by atoms with Gasteiger partial charge in [-0.15, -0.1) is 0 Å². The predicted octanol–water partition coefficient (Wildman–Crippen LogP) is 2.67. The highest BCUT2D eigenvalue weighted by Crippen LogP contribution is 2.29. The first-order valence-corrected chi connectivity index (χ1v) is 7.02. The topological polar surface area (TPSA) is 61.5 Å².